The predicted octanol–water partition coefficient (Wildman–Crippen LogP) is 5.77. The number of carbonyl (C=O) groups excluding carboxylic acids is 2. The first-order chi connectivity index (χ1) is 20.1. The number of aromatic nitrogens is 3. The number of benzene rings is 1. The fourth-order valence-electron chi connectivity index (χ4n) is 4.77. The molecule has 0 radical (unpaired) electrons. The number of pyridine rings is 1. The minimum Gasteiger partial charge on any atom is -0.484 e. The van der Waals surface area contributed by atoms with Gasteiger partial charge >= 0.3 is 12.0 Å². The molecule has 0 saturated heterocycles. The molecule has 1 aliphatic rings. The number of urea groups is 1. The van der Waals surface area contributed by atoms with Crippen molar-refractivity contribution in [2.24, 2.45) is 5.41 Å². The van der Waals surface area contributed by atoms with Gasteiger partial charge in [0.1, 0.15) is 29.0 Å². The van der Waals surface area contributed by atoms with E-state index in [-0.39, 0.29) is 29.7 Å². The summed E-state index contributed by atoms with van der Waals surface area (Å²) in [6.07, 6.45) is 2.72. The van der Waals surface area contributed by atoms with Gasteiger partial charge in [0.25, 0.3) is 0 Å². The summed E-state index contributed by atoms with van der Waals surface area (Å²) in [5.74, 6) is 1.05. The zero-order chi connectivity index (χ0) is 31.5. The van der Waals surface area contributed by atoms with Crippen LogP contribution >= 0.6 is 0 Å². The second-order valence-electron chi connectivity index (χ2n) is 12.8. The highest BCUT2D eigenvalue weighted by atomic mass is 16.5. The van der Waals surface area contributed by atoms with Crippen molar-refractivity contribution >= 4 is 23.7 Å². The van der Waals surface area contributed by atoms with Crippen LogP contribution in [-0.2, 0) is 21.6 Å². The Morgan fingerprint density at radius 1 is 1.02 bits per heavy atom. The monoisotopic (exact) mass is 587 g/mol. The normalized spacial score (nSPS) is 16.5. The van der Waals surface area contributed by atoms with E-state index < -0.39 is 17.4 Å². The molecule has 0 bridgehead atoms. The van der Waals surface area contributed by atoms with Gasteiger partial charge in [0.05, 0.1) is 17.9 Å². The molecule has 2 atom stereocenters. The van der Waals surface area contributed by atoms with Gasteiger partial charge in [-0.2, -0.15) is 0 Å². The van der Waals surface area contributed by atoms with Crippen LogP contribution < -0.4 is 20.9 Å². The van der Waals surface area contributed by atoms with Gasteiger partial charge in [-0.05, 0) is 36.1 Å². The summed E-state index contributed by atoms with van der Waals surface area (Å²) in [5, 5.41) is 22.7. The van der Waals surface area contributed by atoms with E-state index in [0.29, 0.717) is 41.8 Å². The van der Waals surface area contributed by atoms with Crippen LogP contribution in [0.15, 0.2) is 48.7 Å². The number of carbonyl (C=O) groups is 2. The van der Waals surface area contributed by atoms with E-state index in [0.717, 1.165) is 11.1 Å². The van der Waals surface area contributed by atoms with Gasteiger partial charge in [0, 0.05) is 23.8 Å². The minimum absolute atomic E-state index is 0.0885. The van der Waals surface area contributed by atoms with Crippen LogP contribution in [0.5, 0.6) is 5.75 Å². The number of rotatable bonds is 6. The molecule has 1 aromatic carbocycles. The molecule has 0 aliphatic heterocycles. The first-order valence-corrected chi connectivity index (χ1v) is 14.3. The Hall–Kier alpha value is -4.54. The fourth-order valence-corrected chi connectivity index (χ4v) is 4.77. The number of nitrogens with zero attached hydrogens (tertiary/aromatic N) is 3. The lowest BCUT2D eigenvalue weighted by molar-refractivity contribution is -0.142. The summed E-state index contributed by atoms with van der Waals surface area (Å²) in [4.78, 5) is 33.4. The van der Waals surface area contributed by atoms with E-state index in [2.05, 4.69) is 20.6 Å². The van der Waals surface area contributed by atoms with Gasteiger partial charge in [0.2, 0.25) is 0 Å². The van der Waals surface area contributed by atoms with Crippen LogP contribution in [0, 0.1) is 16.2 Å². The Bertz CT molecular complexity index is 1580. The first kappa shape index (κ1) is 31.4. The third-order valence-electron chi connectivity index (χ3n) is 7.08. The maximum Gasteiger partial charge on any atom is 0.320 e. The Balaban J connectivity index is 1.51. The van der Waals surface area contributed by atoms with Crippen LogP contribution in [0.25, 0.3) is 0 Å². The number of nitrogens with one attached hydrogen (secondary N) is 4. The van der Waals surface area contributed by atoms with Gasteiger partial charge in [-0.25, -0.2) is 14.8 Å². The summed E-state index contributed by atoms with van der Waals surface area (Å²) in [6, 6.07) is 12.3. The average Bonchev–Trinajstić information content (AvgIpc) is 2.92. The highest BCUT2D eigenvalue weighted by Crippen LogP contribution is 2.38. The fraction of sp³-hybridized carbons (Fsp3) is 0.438. The van der Waals surface area contributed by atoms with Crippen LogP contribution in [-0.4, -0.2) is 32.4 Å². The van der Waals surface area contributed by atoms with Crippen molar-refractivity contribution < 1.29 is 19.1 Å². The van der Waals surface area contributed by atoms with Gasteiger partial charge in [0.15, 0.2) is 12.4 Å². The third kappa shape index (κ3) is 7.85. The molecule has 0 fully saturated rings. The Morgan fingerprint density at radius 2 is 1.72 bits per heavy atom. The van der Waals surface area contributed by atoms with E-state index in [1.807, 2.05) is 65.8 Å². The van der Waals surface area contributed by atoms with Crippen LogP contribution in [0.3, 0.4) is 0 Å². The van der Waals surface area contributed by atoms with Crippen molar-refractivity contribution in [3.05, 3.63) is 76.8 Å². The van der Waals surface area contributed by atoms with E-state index in [9.17, 15) is 9.59 Å². The maximum absolute atomic E-state index is 13.2. The highest BCUT2D eigenvalue weighted by Gasteiger charge is 2.30. The summed E-state index contributed by atoms with van der Waals surface area (Å²) >= 11 is 0. The molecule has 228 valence electrons. The molecule has 4 N–H and O–H groups in total. The number of anilines is 1. The molecular weight excluding hydrogens is 546 g/mol. The Morgan fingerprint density at radius 3 is 2.37 bits per heavy atom. The highest BCUT2D eigenvalue weighted by molar-refractivity contribution is 5.88. The van der Waals surface area contributed by atoms with Crippen molar-refractivity contribution in [2.75, 3.05) is 5.32 Å². The molecule has 11 nitrogen and oxygen atoms in total. The molecular formula is C32H41N7O4. The van der Waals surface area contributed by atoms with Gasteiger partial charge in [-0.15, -0.1) is 0 Å². The number of fused-ring (bicyclic) bond motifs is 1. The Labute approximate surface area is 252 Å². The van der Waals surface area contributed by atoms with Crippen molar-refractivity contribution in [1.82, 2.24) is 19.9 Å². The molecule has 0 spiro atoms. The van der Waals surface area contributed by atoms with Crippen LogP contribution in [0.2, 0.25) is 0 Å². The first-order valence-electron chi connectivity index (χ1n) is 14.3. The Kier molecular flexibility index (Phi) is 9.03. The molecule has 4 rings (SSSR count). The van der Waals surface area contributed by atoms with Crippen molar-refractivity contribution in [1.29, 1.82) is 10.8 Å². The number of esters is 1. The van der Waals surface area contributed by atoms with Crippen LogP contribution in [0.4, 0.5) is 10.6 Å². The van der Waals surface area contributed by atoms with E-state index in [4.69, 9.17) is 20.3 Å². The summed E-state index contributed by atoms with van der Waals surface area (Å²) in [7, 11) is 0. The molecule has 2 aromatic heterocycles. The van der Waals surface area contributed by atoms with Crippen molar-refractivity contribution in [3.8, 4) is 5.75 Å². The zero-order valence-electron chi connectivity index (χ0n) is 25.9. The van der Waals surface area contributed by atoms with Crippen LogP contribution in [0.1, 0.15) is 96.1 Å². The van der Waals surface area contributed by atoms with Gasteiger partial charge < -0.3 is 14.8 Å². The topological polar surface area (TPSA) is 155 Å². The average molecular weight is 588 g/mol. The standard InChI is InChI=1S/C32H41N7O4/c1-19(40)42-18-28-36-25(31(2,3)4)16-27(37-28)38-30(41)35-23-13-14-24(22-11-9-8-10-21(22)23)43-20-12-15-26(33)39(17-20)29(34)32(5,6)7/h8-12,15-17,23-24,33-34H,13-14,18H2,1-7H3,(H2,35,36,37,38,41)/t23-,24+/m0/s1. The quantitative estimate of drug-likeness (QED) is 0.163. The number of amides is 2. The SMILES string of the molecule is CC(=O)OCc1nc(NC(=O)N[C@H]2CC[C@@H](Oc3ccc(=N)n(C(=N)C(C)(C)C)c3)c3ccccc32)cc(C(C)(C)C)n1. The number of hydrogen-bond donors (Lipinski definition) is 4. The smallest absolute Gasteiger partial charge is 0.320 e. The second kappa shape index (κ2) is 12.4. The molecule has 43 heavy (non-hydrogen) atoms. The van der Waals surface area contributed by atoms with Crippen molar-refractivity contribution in [3.63, 3.8) is 0 Å². The van der Waals surface area contributed by atoms with E-state index in [1.165, 1.54) is 11.5 Å². The number of ether oxygens (including phenoxy) is 2. The molecule has 2 heterocycles. The predicted molar refractivity (Wildman–Crippen MR) is 163 cm³/mol. The lowest BCUT2D eigenvalue weighted by atomic mass is 9.85. The summed E-state index contributed by atoms with van der Waals surface area (Å²) < 4.78 is 13.0. The lowest BCUT2D eigenvalue weighted by Gasteiger charge is -2.32. The van der Waals surface area contributed by atoms with Gasteiger partial charge in [-0.1, -0.05) is 65.8 Å². The second-order valence-corrected chi connectivity index (χ2v) is 12.8. The summed E-state index contributed by atoms with van der Waals surface area (Å²) in [5.41, 5.74) is 2.09. The molecule has 1 aliphatic carbocycles. The van der Waals surface area contributed by atoms with E-state index >= 15 is 0 Å². The molecule has 2 amide bonds. The third-order valence-corrected chi connectivity index (χ3v) is 7.08. The molecule has 0 unspecified atom stereocenters. The largest absolute Gasteiger partial charge is 0.484 e. The lowest BCUT2D eigenvalue weighted by Crippen LogP contribution is -2.36. The summed E-state index contributed by atoms with van der Waals surface area (Å²) in [6.45, 7) is 13.0. The van der Waals surface area contributed by atoms with Gasteiger partial charge in [-0.3, -0.25) is 25.5 Å². The number of hydrogen-bond acceptors (Lipinski definition) is 8. The molecule has 3 aromatic rings. The molecule has 11 heteroatoms. The molecule has 0 saturated carbocycles. The maximum atomic E-state index is 13.2. The van der Waals surface area contributed by atoms with E-state index in [1.54, 1.807) is 24.4 Å². The zero-order valence-corrected chi connectivity index (χ0v) is 25.9. The minimum atomic E-state index is -0.438. The van der Waals surface area contributed by atoms with Crippen molar-refractivity contribution in [2.45, 2.75) is 85.5 Å².